The lowest BCUT2D eigenvalue weighted by atomic mass is 10.2. The second-order valence-corrected chi connectivity index (χ2v) is 5.04. The fraction of sp³-hybridized carbons (Fsp3) is 0.312. The molecule has 4 nitrogen and oxygen atoms in total. The van der Waals surface area contributed by atoms with Crippen molar-refractivity contribution in [3.63, 3.8) is 0 Å². The first-order valence-electron chi connectivity index (χ1n) is 6.96. The van der Waals surface area contributed by atoms with Crippen LogP contribution < -0.4 is 10.2 Å². The Morgan fingerprint density at radius 1 is 1.25 bits per heavy atom. The lowest BCUT2D eigenvalue weighted by Gasteiger charge is -2.22. The number of hydrogen-bond donors (Lipinski definition) is 1. The maximum absolute atomic E-state index is 4.42. The Morgan fingerprint density at radius 2 is 2.10 bits per heavy atom. The monoisotopic (exact) mass is 268 g/mol. The van der Waals surface area contributed by atoms with Crippen molar-refractivity contribution < 1.29 is 0 Å². The first kappa shape index (κ1) is 12.8. The van der Waals surface area contributed by atoms with Crippen LogP contribution in [0, 0.1) is 0 Å². The zero-order chi connectivity index (χ0) is 13.9. The Balaban J connectivity index is 1.74. The maximum Gasteiger partial charge on any atom is 0.198 e. The average Bonchev–Trinajstić information content (AvgIpc) is 3.07. The molecule has 2 aromatic rings. The molecule has 0 spiro atoms. The van der Waals surface area contributed by atoms with Gasteiger partial charge in [-0.25, -0.2) is 0 Å². The maximum atomic E-state index is 4.42. The molecule has 104 valence electrons. The highest BCUT2D eigenvalue weighted by molar-refractivity contribution is 5.97. The molecule has 1 aromatic carbocycles. The number of anilines is 1. The molecule has 2 heterocycles. The second-order valence-electron chi connectivity index (χ2n) is 5.04. The molecule has 0 bridgehead atoms. The quantitative estimate of drug-likeness (QED) is 0.669. The van der Waals surface area contributed by atoms with Gasteiger partial charge in [0.05, 0.1) is 6.54 Å². The zero-order valence-corrected chi connectivity index (χ0v) is 12.0. The molecule has 1 N–H and O–H groups in total. The summed E-state index contributed by atoms with van der Waals surface area (Å²) in [6.07, 6.45) is 3.14. The molecule has 1 aliphatic rings. The van der Waals surface area contributed by atoms with Crippen LogP contribution in [0.1, 0.15) is 11.3 Å². The van der Waals surface area contributed by atoms with Gasteiger partial charge in [-0.2, -0.15) is 0 Å². The molecule has 0 radical (unpaired) electrons. The van der Waals surface area contributed by atoms with Crippen LogP contribution in [0.5, 0.6) is 0 Å². The fourth-order valence-electron chi connectivity index (χ4n) is 2.70. The number of rotatable bonds is 2. The Morgan fingerprint density at radius 3 is 2.85 bits per heavy atom. The molecule has 3 rings (SSSR count). The molecule has 20 heavy (non-hydrogen) atoms. The summed E-state index contributed by atoms with van der Waals surface area (Å²) in [6.45, 7) is 1.78. The summed E-state index contributed by atoms with van der Waals surface area (Å²) < 4.78 is 2.12. The molecule has 0 saturated heterocycles. The van der Waals surface area contributed by atoms with E-state index in [0.717, 1.165) is 25.5 Å². The summed E-state index contributed by atoms with van der Waals surface area (Å²) in [5.41, 5.74) is 3.92. The third-order valence-electron chi connectivity index (χ3n) is 3.83. The lowest BCUT2D eigenvalue weighted by molar-refractivity contribution is 0.768. The van der Waals surface area contributed by atoms with Crippen molar-refractivity contribution in [1.82, 2.24) is 9.88 Å². The molecule has 0 unspecified atom stereocenters. The minimum Gasteiger partial charge on any atom is -0.353 e. The highest BCUT2D eigenvalue weighted by Crippen LogP contribution is 2.27. The van der Waals surface area contributed by atoms with E-state index in [1.165, 1.54) is 16.9 Å². The number of nitrogens with one attached hydrogen (secondary N) is 1. The van der Waals surface area contributed by atoms with E-state index in [1.807, 2.05) is 7.05 Å². The van der Waals surface area contributed by atoms with Gasteiger partial charge in [-0.15, -0.1) is 0 Å². The van der Waals surface area contributed by atoms with Crippen molar-refractivity contribution in [3.05, 3.63) is 53.9 Å². The molecule has 0 aliphatic carbocycles. The number of aromatic nitrogens is 1. The van der Waals surface area contributed by atoms with E-state index in [-0.39, 0.29) is 0 Å². The third-order valence-corrected chi connectivity index (χ3v) is 3.83. The van der Waals surface area contributed by atoms with E-state index in [1.54, 1.807) is 0 Å². The number of aliphatic imine (C=N–C) groups is 1. The van der Waals surface area contributed by atoms with Gasteiger partial charge >= 0.3 is 0 Å². The minimum atomic E-state index is 0.787. The van der Waals surface area contributed by atoms with E-state index in [0.29, 0.717) is 0 Å². The van der Waals surface area contributed by atoms with Crippen LogP contribution in [-0.4, -0.2) is 24.1 Å². The summed E-state index contributed by atoms with van der Waals surface area (Å²) in [5.74, 6) is 0.941. The molecule has 4 heteroatoms. The van der Waals surface area contributed by atoms with Crippen LogP contribution in [0.4, 0.5) is 5.69 Å². The Kier molecular flexibility index (Phi) is 3.46. The number of aryl methyl sites for hydroxylation is 1. The summed E-state index contributed by atoms with van der Waals surface area (Å²) in [4.78, 5) is 6.68. The zero-order valence-electron chi connectivity index (χ0n) is 12.0. The predicted octanol–water partition coefficient (Wildman–Crippen LogP) is 2.16. The summed E-state index contributed by atoms with van der Waals surface area (Å²) in [5, 5.41) is 3.45. The number of nitrogens with zero attached hydrogens (tertiary/aromatic N) is 3. The minimum absolute atomic E-state index is 0.787. The van der Waals surface area contributed by atoms with Gasteiger partial charge in [-0.1, -0.05) is 18.2 Å². The standard InChI is InChI=1S/C16H20N4/c1-17-16(18-12-14-7-5-10-19(14)2)20-11-9-13-6-3-4-8-15(13)20/h3-8,10H,9,11-12H2,1-2H3,(H,17,18). The predicted molar refractivity (Wildman–Crippen MR) is 83.1 cm³/mol. The SMILES string of the molecule is CN=C(NCc1cccn1C)N1CCc2ccccc21. The van der Waals surface area contributed by atoms with E-state index in [2.05, 4.69) is 69.4 Å². The largest absolute Gasteiger partial charge is 0.353 e. The number of hydrogen-bond acceptors (Lipinski definition) is 1. The summed E-state index contributed by atoms with van der Waals surface area (Å²) in [6, 6.07) is 12.7. The first-order valence-corrected chi connectivity index (χ1v) is 6.96. The number of para-hydroxylation sites is 1. The van der Waals surface area contributed by atoms with Crippen molar-refractivity contribution >= 4 is 11.6 Å². The highest BCUT2D eigenvalue weighted by atomic mass is 15.3. The van der Waals surface area contributed by atoms with Crippen molar-refractivity contribution in [3.8, 4) is 0 Å². The molecule has 0 saturated carbocycles. The van der Waals surface area contributed by atoms with Crippen molar-refractivity contribution in [1.29, 1.82) is 0 Å². The highest BCUT2D eigenvalue weighted by Gasteiger charge is 2.22. The average molecular weight is 268 g/mol. The lowest BCUT2D eigenvalue weighted by Crippen LogP contribution is -2.40. The normalized spacial score (nSPS) is 14.5. The van der Waals surface area contributed by atoms with E-state index in [4.69, 9.17) is 0 Å². The molecular weight excluding hydrogens is 248 g/mol. The van der Waals surface area contributed by atoms with Crippen LogP contribution in [0.25, 0.3) is 0 Å². The smallest absolute Gasteiger partial charge is 0.198 e. The summed E-state index contributed by atoms with van der Waals surface area (Å²) in [7, 11) is 3.90. The van der Waals surface area contributed by atoms with Crippen molar-refractivity contribution in [2.75, 3.05) is 18.5 Å². The molecule has 1 aromatic heterocycles. The number of guanidine groups is 1. The van der Waals surface area contributed by atoms with Crippen molar-refractivity contribution in [2.45, 2.75) is 13.0 Å². The van der Waals surface area contributed by atoms with E-state index in [9.17, 15) is 0 Å². The molecule has 0 fully saturated rings. The van der Waals surface area contributed by atoms with Gasteiger partial charge in [0, 0.05) is 38.2 Å². The first-order chi connectivity index (χ1) is 9.79. The topological polar surface area (TPSA) is 32.6 Å². The van der Waals surface area contributed by atoms with Gasteiger partial charge in [0.15, 0.2) is 5.96 Å². The van der Waals surface area contributed by atoms with Gasteiger partial charge in [-0.3, -0.25) is 4.99 Å². The molecule has 0 atom stereocenters. The van der Waals surface area contributed by atoms with Crippen LogP contribution >= 0.6 is 0 Å². The van der Waals surface area contributed by atoms with Gasteiger partial charge < -0.3 is 14.8 Å². The number of fused-ring (bicyclic) bond motifs is 1. The molecule has 1 aliphatic heterocycles. The van der Waals surface area contributed by atoms with Crippen molar-refractivity contribution in [2.24, 2.45) is 12.0 Å². The molecule has 0 amide bonds. The van der Waals surface area contributed by atoms with E-state index >= 15 is 0 Å². The number of benzene rings is 1. The van der Waals surface area contributed by atoms with Crippen LogP contribution in [0.15, 0.2) is 47.6 Å². The van der Waals surface area contributed by atoms with Crippen LogP contribution in [-0.2, 0) is 20.0 Å². The van der Waals surface area contributed by atoms with Crippen LogP contribution in [0.3, 0.4) is 0 Å². The third kappa shape index (κ3) is 2.29. The van der Waals surface area contributed by atoms with Gasteiger partial charge in [0.25, 0.3) is 0 Å². The van der Waals surface area contributed by atoms with E-state index < -0.39 is 0 Å². The van der Waals surface area contributed by atoms with Gasteiger partial charge in [0.1, 0.15) is 0 Å². The van der Waals surface area contributed by atoms with Gasteiger partial charge in [-0.05, 0) is 30.2 Å². The second kappa shape index (κ2) is 5.41. The van der Waals surface area contributed by atoms with Crippen LogP contribution in [0.2, 0.25) is 0 Å². The Labute approximate surface area is 119 Å². The fourth-order valence-corrected chi connectivity index (χ4v) is 2.70. The Hall–Kier alpha value is -2.23. The Bertz CT molecular complexity index is 627. The summed E-state index contributed by atoms with van der Waals surface area (Å²) >= 11 is 0. The molecular formula is C16H20N4. The van der Waals surface area contributed by atoms with Gasteiger partial charge in [0.2, 0.25) is 0 Å².